The van der Waals surface area contributed by atoms with Gasteiger partial charge in [0.15, 0.2) is 18.1 Å². The fourth-order valence-corrected chi connectivity index (χ4v) is 5.50. The Hall–Kier alpha value is -1.89. The summed E-state index contributed by atoms with van der Waals surface area (Å²) in [6.07, 6.45) is 19.0. The molecule has 0 aromatic rings. The Morgan fingerprint density at radius 2 is 0.914 bits per heavy atom. The summed E-state index contributed by atoms with van der Waals surface area (Å²) in [5.41, 5.74) is 0. The van der Waals surface area contributed by atoms with Crippen molar-refractivity contribution in [3.63, 3.8) is 0 Å². The van der Waals surface area contributed by atoms with Gasteiger partial charge in [0.25, 0.3) is 0 Å². The number of hydrogen-bond acceptors (Lipinski definition) is 3. The van der Waals surface area contributed by atoms with Crippen molar-refractivity contribution in [2.24, 2.45) is 0 Å². The lowest BCUT2D eigenvalue weighted by molar-refractivity contribution is -0.968. The lowest BCUT2D eigenvalue weighted by atomic mass is 9.94. The van der Waals surface area contributed by atoms with Crippen molar-refractivity contribution in [1.29, 1.82) is 0 Å². The molecule has 0 fully saturated rings. The maximum atomic E-state index is 12.2. The van der Waals surface area contributed by atoms with E-state index in [1.165, 1.54) is 57.8 Å². The van der Waals surface area contributed by atoms with Crippen LogP contribution < -0.4 is 0 Å². The van der Waals surface area contributed by atoms with Crippen LogP contribution in [0.1, 0.15) is 124 Å². The smallest absolute Gasteiger partial charge is 0.362 e. The number of carbonyl (C=O) groups is 3. The monoisotopic (exact) mass is 498 g/mol. The standard InChI is InChI=1S/C28H51NO6/c1-5-9-10-11-12-13-14-15-16-17-18-19-20-21-22-29(23(6-2)26(30)31,24(7-3)27(32)33)25(8-4)28(34)35/h20-21,23-25H,5-19,22H2,1-4H3,(H2-,30,31,32,33,34,35)/p+1/b21-20+. The minimum absolute atomic E-state index is 0.0818. The second kappa shape index (κ2) is 19.3. The van der Waals surface area contributed by atoms with Crippen molar-refractivity contribution < 1.29 is 34.2 Å². The molecule has 0 aromatic heterocycles. The molecular formula is C28H52NO6+. The van der Waals surface area contributed by atoms with Gasteiger partial charge in [0.1, 0.15) is 0 Å². The zero-order valence-corrected chi connectivity index (χ0v) is 22.7. The molecule has 7 nitrogen and oxygen atoms in total. The third-order valence-corrected chi connectivity index (χ3v) is 7.32. The molecule has 0 aromatic carbocycles. The van der Waals surface area contributed by atoms with Gasteiger partial charge in [-0.05, 0) is 18.9 Å². The molecule has 0 rings (SSSR count). The molecule has 3 N–H and O–H groups in total. The van der Waals surface area contributed by atoms with Crippen molar-refractivity contribution in [2.45, 2.75) is 142 Å². The maximum Gasteiger partial charge on any atom is 0.362 e. The maximum absolute atomic E-state index is 12.2. The van der Waals surface area contributed by atoms with Crippen molar-refractivity contribution in [3.8, 4) is 0 Å². The molecule has 0 aliphatic heterocycles. The summed E-state index contributed by atoms with van der Waals surface area (Å²) in [6, 6.07) is -3.32. The second-order valence-electron chi connectivity index (χ2n) is 9.76. The van der Waals surface area contributed by atoms with Gasteiger partial charge in [-0.15, -0.1) is 0 Å². The van der Waals surface area contributed by atoms with Gasteiger partial charge in [-0.25, -0.2) is 14.4 Å². The summed E-state index contributed by atoms with van der Waals surface area (Å²) in [6.45, 7) is 7.37. The molecule has 0 saturated carbocycles. The molecule has 0 saturated heterocycles. The molecule has 204 valence electrons. The number of quaternary nitrogens is 1. The van der Waals surface area contributed by atoms with Gasteiger partial charge < -0.3 is 15.3 Å². The zero-order chi connectivity index (χ0) is 26.7. The molecular weight excluding hydrogens is 446 g/mol. The Morgan fingerprint density at radius 3 is 1.23 bits per heavy atom. The molecule has 0 bridgehead atoms. The van der Waals surface area contributed by atoms with Crippen LogP contribution in [-0.4, -0.2) is 62.4 Å². The van der Waals surface area contributed by atoms with E-state index in [1.807, 2.05) is 12.2 Å². The molecule has 0 heterocycles. The number of rotatable bonds is 23. The predicted molar refractivity (Wildman–Crippen MR) is 140 cm³/mol. The normalized spacial score (nSPS) is 16.0. The molecule has 0 aliphatic rings. The van der Waals surface area contributed by atoms with E-state index in [1.54, 1.807) is 20.8 Å². The van der Waals surface area contributed by atoms with Crippen LogP contribution in [0.25, 0.3) is 0 Å². The minimum Gasteiger partial charge on any atom is -0.477 e. The van der Waals surface area contributed by atoms with Gasteiger partial charge in [0.05, 0.1) is 6.54 Å². The average molecular weight is 499 g/mol. The zero-order valence-electron chi connectivity index (χ0n) is 22.7. The Bertz CT molecular complexity index is 578. The Morgan fingerprint density at radius 1 is 0.571 bits per heavy atom. The lowest BCUT2D eigenvalue weighted by Crippen LogP contribution is -2.72. The van der Waals surface area contributed by atoms with Gasteiger partial charge in [-0.1, -0.05) is 98.0 Å². The first-order chi connectivity index (χ1) is 16.7. The third-order valence-electron chi connectivity index (χ3n) is 7.32. The van der Waals surface area contributed by atoms with Crippen LogP contribution in [0.2, 0.25) is 0 Å². The Kier molecular flexibility index (Phi) is 18.3. The highest BCUT2D eigenvalue weighted by Gasteiger charge is 2.55. The highest BCUT2D eigenvalue weighted by atomic mass is 16.4. The Balaban J connectivity index is 5.08. The van der Waals surface area contributed by atoms with Gasteiger partial charge in [0.2, 0.25) is 0 Å². The van der Waals surface area contributed by atoms with Crippen LogP contribution in [0.15, 0.2) is 12.2 Å². The summed E-state index contributed by atoms with van der Waals surface area (Å²) in [5.74, 6) is -3.44. The van der Waals surface area contributed by atoms with E-state index in [-0.39, 0.29) is 25.8 Å². The topological polar surface area (TPSA) is 112 Å². The number of unbranched alkanes of at least 4 members (excludes halogenated alkanes) is 11. The summed E-state index contributed by atoms with van der Waals surface area (Å²) < 4.78 is -0.488. The molecule has 3 atom stereocenters. The molecule has 35 heavy (non-hydrogen) atoms. The lowest BCUT2D eigenvalue weighted by Gasteiger charge is -2.49. The molecule has 7 heteroatoms. The van der Waals surface area contributed by atoms with Crippen molar-refractivity contribution in [3.05, 3.63) is 12.2 Å². The van der Waals surface area contributed by atoms with Gasteiger partial charge >= 0.3 is 17.9 Å². The number of aliphatic carboxylic acids is 3. The summed E-state index contributed by atoms with van der Waals surface area (Å²) >= 11 is 0. The molecule has 0 amide bonds. The summed E-state index contributed by atoms with van der Waals surface area (Å²) in [4.78, 5) is 36.6. The first kappa shape index (κ1) is 33.1. The first-order valence-corrected chi connectivity index (χ1v) is 13.9. The highest BCUT2D eigenvalue weighted by Crippen LogP contribution is 2.31. The number of hydrogen-bond donors (Lipinski definition) is 3. The fourth-order valence-electron chi connectivity index (χ4n) is 5.50. The van der Waals surface area contributed by atoms with E-state index >= 15 is 0 Å². The van der Waals surface area contributed by atoms with Crippen LogP contribution in [-0.2, 0) is 14.4 Å². The van der Waals surface area contributed by atoms with Crippen molar-refractivity contribution in [2.75, 3.05) is 6.54 Å². The largest absolute Gasteiger partial charge is 0.477 e. The fraction of sp³-hybridized carbons (Fsp3) is 0.821. The van der Waals surface area contributed by atoms with Crippen molar-refractivity contribution >= 4 is 17.9 Å². The van der Waals surface area contributed by atoms with Crippen molar-refractivity contribution in [1.82, 2.24) is 0 Å². The van der Waals surface area contributed by atoms with Crippen LogP contribution in [0, 0.1) is 0 Å². The van der Waals surface area contributed by atoms with Crippen LogP contribution in [0.3, 0.4) is 0 Å². The Labute approximate surface area is 213 Å². The number of carboxylic acids is 3. The van der Waals surface area contributed by atoms with Crippen LogP contribution in [0.4, 0.5) is 0 Å². The van der Waals surface area contributed by atoms with Crippen LogP contribution >= 0.6 is 0 Å². The summed E-state index contributed by atoms with van der Waals surface area (Å²) in [5, 5.41) is 29.9. The van der Waals surface area contributed by atoms with E-state index in [4.69, 9.17) is 0 Å². The van der Waals surface area contributed by atoms with E-state index in [2.05, 4.69) is 6.92 Å². The first-order valence-electron chi connectivity index (χ1n) is 13.9. The number of nitrogens with zero attached hydrogens (tertiary/aromatic N) is 1. The second-order valence-corrected chi connectivity index (χ2v) is 9.76. The molecule has 0 aliphatic carbocycles. The third kappa shape index (κ3) is 11.1. The predicted octanol–water partition coefficient (Wildman–Crippen LogP) is 6.65. The molecule has 3 unspecified atom stereocenters. The summed E-state index contributed by atoms with van der Waals surface area (Å²) in [7, 11) is 0. The highest BCUT2D eigenvalue weighted by molar-refractivity contribution is 5.78. The number of carboxylic acid groups (broad SMARTS) is 3. The van der Waals surface area contributed by atoms with E-state index < -0.39 is 40.5 Å². The minimum atomic E-state index is -1.15. The van der Waals surface area contributed by atoms with Gasteiger partial charge in [-0.2, -0.15) is 0 Å². The molecule has 0 radical (unpaired) electrons. The quantitative estimate of drug-likeness (QED) is 0.0826. The SMILES string of the molecule is CCCCCCCCCCCCC/C=C/C[N+](C(CC)C(=O)O)(C(CC)C(=O)O)C(CC)C(=O)O. The van der Waals surface area contributed by atoms with E-state index in [9.17, 15) is 29.7 Å². The van der Waals surface area contributed by atoms with Gasteiger partial charge in [0, 0.05) is 19.3 Å². The van der Waals surface area contributed by atoms with E-state index in [0.717, 1.165) is 19.3 Å². The van der Waals surface area contributed by atoms with Crippen LogP contribution in [0.5, 0.6) is 0 Å². The number of allylic oxidation sites excluding steroid dienone is 1. The molecule has 0 spiro atoms. The average Bonchev–Trinajstić information content (AvgIpc) is 2.79. The van der Waals surface area contributed by atoms with Gasteiger partial charge in [-0.3, -0.25) is 4.48 Å². The van der Waals surface area contributed by atoms with E-state index in [0.29, 0.717) is 0 Å².